The fourth-order valence-electron chi connectivity index (χ4n) is 2.32. The molecule has 1 atom stereocenters. The number of nitrogens with zero attached hydrogens (tertiary/aromatic N) is 3. The first-order valence-corrected chi connectivity index (χ1v) is 7.19. The maximum atomic E-state index is 13.0. The van der Waals surface area contributed by atoms with Gasteiger partial charge in [-0.2, -0.15) is 5.21 Å². The third-order valence-corrected chi connectivity index (χ3v) is 3.52. The Morgan fingerprint density at radius 1 is 1.21 bits per heavy atom. The van der Waals surface area contributed by atoms with Crippen LogP contribution >= 0.6 is 0 Å². The Morgan fingerprint density at radius 2 is 1.96 bits per heavy atom. The molecule has 1 heterocycles. The highest BCUT2D eigenvalue weighted by Gasteiger charge is 2.19. The van der Waals surface area contributed by atoms with E-state index in [4.69, 9.17) is 0 Å². The molecule has 0 saturated carbocycles. The average molecular weight is 327 g/mol. The number of aromatic nitrogens is 4. The minimum atomic E-state index is -0.656. The summed E-state index contributed by atoms with van der Waals surface area (Å²) in [5, 5.41) is 25.9. The summed E-state index contributed by atoms with van der Waals surface area (Å²) < 4.78 is 13.0. The third kappa shape index (κ3) is 3.28. The summed E-state index contributed by atoms with van der Waals surface area (Å²) in [6, 6.07) is 11.7. The molecule has 1 unspecified atom stereocenters. The highest BCUT2D eigenvalue weighted by atomic mass is 19.1. The fraction of sp³-hybridized carbons (Fsp3) is 0.125. The zero-order valence-corrected chi connectivity index (χ0v) is 12.5. The molecule has 8 heteroatoms. The van der Waals surface area contributed by atoms with Crippen molar-refractivity contribution < 1.29 is 14.3 Å². The van der Waals surface area contributed by atoms with Crippen molar-refractivity contribution in [2.24, 2.45) is 0 Å². The molecule has 7 nitrogen and oxygen atoms in total. The van der Waals surface area contributed by atoms with Crippen LogP contribution < -0.4 is 5.32 Å². The Labute approximate surface area is 136 Å². The molecule has 0 saturated heterocycles. The Hall–Kier alpha value is -3.13. The Bertz CT molecular complexity index is 821. The lowest BCUT2D eigenvalue weighted by Crippen LogP contribution is -2.31. The maximum absolute atomic E-state index is 13.0. The number of carbonyl (C=O) groups is 1. The van der Waals surface area contributed by atoms with E-state index in [0.717, 1.165) is 0 Å². The molecule has 0 aliphatic carbocycles. The number of halogens is 1. The summed E-state index contributed by atoms with van der Waals surface area (Å²) >= 11 is 0. The van der Waals surface area contributed by atoms with Gasteiger partial charge in [0, 0.05) is 5.56 Å². The normalized spacial score (nSPS) is 11.9. The Kier molecular flexibility index (Phi) is 4.57. The minimum absolute atomic E-state index is 0.295. The number of rotatable bonds is 5. The lowest BCUT2D eigenvalue weighted by molar-refractivity contribution is 0.0917. The number of amides is 1. The van der Waals surface area contributed by atoms with Gasteiger partial charge in [-0.1, -0.05) is 30.3 Å². The third-order valence-electron chi connectivity index (χ3n) is 3.52. The smallest absolute Gasteiger partial charge is 0.252 e. The van der Waals surface area contributed by atoms with Crippen LogP contribution in [0.4, 0.5) is 4.39 Å². The number of aliphatic hydroxyl groups excluding tert-OH is 1. The van der Waals surface area contributed by atoms with Gasteiger partial charge in [-0.05, 0) is 29.0 Å². The molecule has 1 aromatic heterocycles. The van der Waals surface area contributed by atoms with Gasteiger partial charge >= 0.3 is 0 Å². The summed E-state index contributed by atoms with van der Waals surface area (Å²) in [5.74, 6) is -0.494. The van der Waals surface area contributed by atoms with E-state index < -0.39 is 11.9 Å². The molecule has 3 N–H and O–H groups in total. The summed E-state index contributed by atoms with van der Waals surface area (Å²) in [7, 11) is 0. The van der Waals surface area contributed by atoms with E-state index in [1.807, 2.05) is 0 Å². The molecule has 24 heavy (non-hydrogen) atoms. The van der Waals surface area contributed by atoms with Crippen molar-refractivity contribution >= 4 is 5.91 Å². The van der Waals surface area contributed by atoms with Crippen molar-refractivity contribution in [2.45, 2.75) is 6.04 Å². The van der Waals surface area contributed by atoms with E-state index in [0.29, 0.717) is 22.5 Å². The predicted octanol–water partition coefficient (Wildman–Crippen LogP) is 1.47. The summed E-state index contributed by atoms with van der Waals surface area (Å²) in [6.07, 6.45) is 0. The Balaban J connectivity index is 1.85. The van der Waals surface area contributed by atoms with Gasteiger partial charge in [0.1, 0.15) is 5.82 Å². The lowest BCUT2D eigenvalue weighted by atomic mass is 10.0. The van der Waals surface area contributed by atoms with E-state index in [1.54, 1.807) is 24.3 Å². The second kappa shape index (κ2) is 6.97. The van der Waals surface area contributed by atoms with Crippen LogP contribution in [0, 0.1) is 5.82 Å². The highest BCUT2D eigenvalue weighted by molar-refractivity contribution is 6.00. The molecule has 122 valence electrons. The first kappa shape index (κ1) is 15.8. The summed E-state index contributed by atoms with van der Waals surface area (Å²) in [6.45, 7) is -0.318. The SMILES string of the molecule is O=C(NC(CO)c1ccc(F)cc1)c1ccccc1-c1nn[nH]n1. The van der Waals surface area contributed by atoms with E-state index in [1.165, 1.54) is 24.3 Å². The molecule has 0 aliphatic rings. The van der Waals surface area contributed by atoms with Gasteiger partial charge in [-0.15, -0.1) is 10.2 Å². The van der Waals surface area contributed by atoms with E-state index in [2.05, 4.69) is 25.9 Å². The monoisotopic (exact) mass is 327 g/mol. The molecule has 2 aromatic carbocycles. The van der Waals surface area contributed by atoms with Crippen LogP contribution in [0.5, 0.6) is 0 Å². The molecule has 0 bridgehead atoms. The minimum Gasteiger partial charge on any atom is -0.394 e. The van der Waals surface area contributed by atoms with Gasteiger partial charge in [0.15, 0.2) is 0 Å². The van der Waals surface area contributed by atoms with Crippen molar-refractivity contribution in [1.82, 2.24) is 25.9 Å². The van der Waals surface area contributed by atoms with Gasteiger partial charge < -0.3 is 10.4 Å². The van der Waals surface area contributed by atoms with Crippen molar-refractivity contribution in [1.29, 1.82) is 0 Å². The van der Waals surface area contributed by atoms with Crippen LogP contribution in [0.2, 0.25) is 0 Å². The topological polar surface area (TPSA) is 104 Å². The number of aromatic amines is 1. The summed E-state index contributed by atoms with van der Waals surface area (Å²) in [4.78, 5) is 12.6. The molecule has 0 radical (unpaired) electrons. The number of nitrogens with one attached hydrogen (secondary N) is 2. The predicted molar refractivity (Wildman–Crippen MR) is 83.3 cm³/mol. The lowest BCUT2D eigenvalue weighted by Gasteiger charge is -2.17. The first-order chi connectivity index (χ1) is 11.7. The van der Waals surface area contributed by atoms with Crippen LogP contribution in [-0.4, -0.2) is 38.2 Å². The van der Waals surface area contributed by atoms with Crippen LogP contribution in [0.3, 0.4) is 0 Å². The first-order valence-electron chi connectivity index (χ1n) is 7.19. The zero-order chi connectivity index (χ0) is 16.9. The van der Waals surface area contributed by atoms with Crippen molar-refractivity contribution in [3.05, 3.63) is 65.5 Å². The number of benzene rings is 2. The molecular formula is C16H14FN5O2. The number of tetrazole rings is 1. The molecule has 0 aliphatic heterocycles. The number of aliphatic hydroxyl groups is 1. The van der Waals surface area contributed by atoms with Gasteiger partial charge in [-0.3, -0.25) is 4.79 Å². The number of carbonyl (C=O) groups excluding carboxylic acids is 1. The van der Waals surface area contributed by atoms with Crippen LogP contribution in [0.15, 0.2) is 48.5 Å². The van der Waals surface area contributed by atoms with Crippen molar-refractivity contribution in [3.8, 4) is 11.4 Å². The zero-order valence-electron chi connectivity index (χ0n) is 12.5. The largest absolute Gasteiger partial charge is 0.394 e. The quantitative estimate of drug-likeness (QED) is 0.658. The van der Waals surface area contributed by atoms with E-state index >= 15 is 0 Å². The van der Waals surface area contributed by atoms with Crippen molar-refractivity contribution in [2.75, 3.05) is 6.61 Å². The molecule has 0 spiro atoms. The number of hydrogen-bond acceptors (Lipinski definition) is 5. The van der Waals surface area contributed by atoms with Crippen LogP contribution in [0.25, 0.3) is 11.4 Å². The van der Waals surface area contributed by atoms with Gasteiger partial charge in [0.2, 0.25) is 5.82 Å². The van der Waals surface area contributed by atoms with Crippen LogP contribution in [0.1, 0.15) is 22.0 Å². The van der Waals surface area contributed by atoms with E-state index in [-0.39, 0.29) is 12.4 Å². The average Bonchev–Trinajstić information content (AvgIpc) is 3.15. The fourth-order valence-corrected chi connectivity index (χ4v) is 2.32. The molecule has 1 amide bonds. The molecule has 0 fully saturated rings. The highest BCUT2D eigenvalue weighted by Crippen LogP contribution is 2.20. The number of hydrogen-bond donors (Lipinski definition) is 3. The van der Waals surface area contributed by atoms with E-state index in [9.17, 15) is 14.3 Å². The van der Waals surface area contributed by atoms with Crippen LogP contribution in [-0.2, 0) is 0 Å². The molecule has 3 aromatic rings. The summed E-state index contributed by atoms with van der Waals surface area (Å²) in [5.41, 5.74) is 1.46. The van der Waals surface area contributed by atoms with Crippen molar-refractivity contribution in [3.63, 3.8) is 0 Å². The molecular weight excluding hydrogens is 313 g/mol. The second-order valence-electron chi connectivity index (χ2n) is 5.04. The van der Waals surface area contributed by atoms with Gasteiger partial charge in [0.05, 0.1) is 18.2 Å². The molecule has 3 rings (SSSR count). The van der Waals surface area contributed by atoms with Gasteiger partial charge in [0.25, 0.3) is 5.91 Å². The maximum Gasteiger partial charge on any atom is 0.252 e. The second-order valence-corrected chi connectivity index (χ2v) is 5.04. The standard InChI is InChI=1S/C16H14FN5O2/c17-11-7-5-10(6-8-11)14(9-23)18-16(24)13-4-2-1-3-12(13)15-19-21-22-20-15/h1-8,14,23H,9H2,(H,18,24)(H,19,20,21,22). The Morgan fingerprint density at radius 3 is 2.62 bits per heavy atom. The number of H-pyrrole nitrogens is 1. The van der Waals surface area contributed by atoms with Gasteiger partial charge in [-0.25, -0.2) is 4.39 Å².